The average molecular weight is 281 g/mol. The van der Waals surface area contributed by atoms with E-state index < -0.39 is 0 Å². The highest BCUT2D eigenvalue weighted by Crippen LogP contribution is 2.24. The molecule has 1 aliphatic carbocycles. The molecular weight excluding hydrogens is 258 g/mol. The van der Waals surface area contributed by atoms with E-state index in [9.17, 15) is 4.79 Å². The van der Waals surface area contributed by atoms with Gasteiger partial charge in [0.05, 0.1) is 17.5 Å². The van der Waals surface area contributed by atoms with Gasteiger partial charge in [-0.05, 0) is 19.8 Å². The Bertz CT molecular complexity index is 432. The van der Waals surface area contributed by atoms with E-state index in [1.807, 2.05) is 25.1 Å². The molecule has 0 bridgehead atoms. The van der Waals surface area contributed by atoms with Gasteiger partial charge in [0.25, 0.3) is 0 Å². The molecule has 5 heteroatoms. The predicted molar refractivity (Wildman–Crippen MR) is 77.9 cm³/mol. The molecule has 1 heterocycles. The van der Waals surface area contributed by atoms with Gasteiger partial charge in [0, 0.05) is 24.2 Å². The largest absolute Gasteiger partial charge is 0.340 e. The monoisotopic (exact) mass is 281 g/mol. The summed E-state index contributed by atoms with van der Waals surface area (Å²) >= 11 is 1.65. The number of nitrogens with two attached hydrogens (primary N) is 1. The second kappa shape index (κ2) is 6.48. The number of amides is 1. The number of rotatable bonds is 3. The first-order valence-electron chi connectivity index (χ1n) is 7.00. The molecule has 4 nitrogen and oxygen atoms in total. The molecule has 0 saturated heterocycles. The number of thiazole rings is 1. The van der Waals surface area contributed by atoms with E-state index >= 15 is 0 Å². The highest BCUT2D eigenvalue weighted by atomic mass is 32.1. The van der Waals surface area contributed by atoms with Crippen LogP contribution in [-0.2, 0) is 11.3 Å². The van der Waals surface area contributed by atoms with Crippen LogP contribution in [0.5, 0.6) is 0 Å². The minimum atomic E-state index is 0.00141. The smallest absolute Gasteiger partial charge is 0.227 e. The first kappa shape index (κ1) is 14.5. The number of nitrogens with zero attached hydrogens (tertiary/aromatic N) is 2. The Balaban J connectivity index is 1.97. The van der Waals surface area contributed by atoms with Crippen LogP contribution in [0.1, 0.15) is 42.0 Å². The van der Waals surface area contributed by atoms with E-state index in [-0.39, 0.29) is 17.9 Å². The van der Waals surface area contributed by atoms with Gasteiger partial charge in [-0.2, -0.15) is 0 Å². The standard InChI is InChI=1S/C14H23N3OS/c1-10-16-8-11(19-10)9-17(2)14(18)12-6-4-3-5-7-13(12)15/h8,12-13H,3-7,9,15H2,1-2H3. The molecule has 0 aromatic carbocycles. The Morgan fingerprint density at radius 1 is 1.47 bits per heavy atom. The van der Waals surface area contributed by atoms with Crippen LogP contribution in [0.2, 0.25) is 0 Å². The molecule has 1 saturated carbocycles. The van der Waals surface area contributed by atoms with Crippen LogP contribution >= 0.6 is 11.3 Å². The highest BCUT2D eigenvalue weighted by Gasteiger charge is 2.29. The zero-order valence-corrected chi connectivity index (χ0v) is 12.6. The number of aromatic nitrogens is 1. The molecule has 2 unspecified atom stereocenters. The minimum Gasteiger partial charge on any atom is -0.340 e. The van der Waals surface area contributed by atoms with Crippen LogP contribution in [0.3, 0.4) is 0 Å². The Kier molecular flexibility index (Phi) is 4.93. The number of hydrogen-bond donors (Lipinski definition) is 1. The lowest BCUT2D eigenvalue weighted by Crippen LogP contribution is -2.41. The molecule has 2 atom stereocenters. The van der Waals surface area contributed by atoms with Crippen molar-refractivity contribution in [3.63, 3.8) is 0 Å². The summed E-state index contributed by atoms with van der Waals surface area (Å²) < 4.78 is 0. The van der Waals surface area contributed by atoms with Crippen molar-refractivity contribution in [2.75, 3.05) is 7.05 Å². The highest BCUT2D eigenvalue weighted by molar-refractivity contribution is 7.11. The lowest BCUT2D eigenvalue weighted by Gasteiger charge is -2.26. The van der Waals surface area contributed by atoms with E-state index in [4.69, 9.17) is 5.73 Å². The number of carbonyl (C=O) groups excluding carboxylic acids is 1. The minimum absolute atomic E-state index is 0.00141. The molecule has 2 N–H and O–H groups in total. The third-order valence-corrected chi connectivity index (χ3v) is 4.72. The van der Waals surface area contributed by atoms with Gasteiger partial charge < -0.3 is 10.6 Å². The summed E-state index contributed by atoms with van der Waals surface area (Å²) in [5, 5.41) is 1.04. The number of hydrogen-bond acceptors (Lipinski definition) is 4. The van der Waals surface area contributed by atoms with Crippen molar-refractivity contribution in [3.8, 4) is 0 Å². The van der Waals surface area contributed by atoms with Gasteiger partial charge in [-0.1, -0.05) is 19.3 Å². The van der Waals surface area contributed by atoms with Gasteiger partial charge in [0.15, 0.2) is 0 Å². The van der Waals surface area contributed by atoms with Gasteiger partial charge in [0.2, 0.25) is 5.91 Å². The van der Waals surface area contributed by atoms with Gasteiger partial charge in [0.1, 0.15) is 0 Å². The van der Waals surface area contributed by atoms with Crippen molar-refractivity contribution in [3.05, 3.63) is 16.1 Å². The second-order valence-corrected chi connectivity index (χ2v) is 6.77. The zero-order valence-electron chi connectivity index (χ0n) is 11.8. The van der Waals surface area contributed by atoms with Crippen molar-refractivity contribution < 1.29 is 4.79 Å². The van der Waals surface area contributed by atoms with Crippen molar-refractivity contribution in [2.45, 2.75) is 51.6 Å². The fraction of sp³-hybridized carbons (Fsp3) is 0.714. The Labute approximate surface area is 119 Å². The third kappa shape index (κ3) is 3.76. The molecule has 1 aromatic rings. The summed E-state index contributed by atoms with van der Waals surface area (Å²) in [6.45, 7) is 2.63. The molecular formula is C14H23N3OS. The van der Waals surface area contributed by atoms with Gasteiger partial charge in [-0.15, -0.1) is 11.3 Å². The number of carbonyl (C=O) groups is 1. The summed E-state index contributed by atoms with van der Waals surface area (Å²) in [7, 11) is 1.87. The molecule has 1 aliphatic rings. The van der Waals surface area contributed by atoms with Crippen molar-refractivity contribution >= 4 is 17.2 Å². The first-order chi connectivity index (χ1) is 9.08. The van der Waals surface area contributed by atoms with Crippen molar-refractivity contribution in [1.29, 1.82) is 0 Å². The average Bonchev–Trinajstić information content (AvgIpc) is 2.66. The van der Waals surface area contributed by atoms with Crippen LogP contribution in [0.25, 0.3) is 0 Å². The molecule has 106 valence electrons. The maximum atomic E-state index is 12.5. The quantitative estimate of drug-likeness (QED) is 0.865. The summed E-state index contributed by atoms with van der Waals surface area (Å²) in [5.41, 5.74) is 6.16. The zero-order chi connectivity index (χ0) is 13.8. The Morgan fingerprint density at radius 3 is 2.89 bits per heavy atom. The van der Waals surface area contributed by atoms with Crippen molar-refractivity contribution in [1.82, 2.24) is 9.88 Å². The summed E-state index contributed by atoms with van der Waals surface area (Å²) in [6, 6.07) is 0.0284. The SMILES string of the molecule is Cc1ncc(CN(C)C(=O)C2CCCCCC2N)s1. The molecule has 0 radical (unpaired) electrons. The van der Waals surface area contributed by atoms with E-state index in [0.29, 0.717) is 6.54 Å². The van der Waals surface area contributed by atoms with E-state index in [2.05, 4.69) is 4.98 Å². The number of aryl methyl sites for hydroxylation is 1. The molecule has 1 aromatic heterocycles. The molecule has 0 spiro atoms. The van der Waals surface area contributed by atoms with Crippen LogP contribution < -0.4 is 5.73 Å². The third-order valence-electron chi connectivity index (χ3n) is 3.82. The topological polar surface area (TPSA) is 59.2 Å². The van der Waals surface area contributed by atoms with E-state index in [1.54, 1.807) is 11.3 Å². The van der Waals surface area contributed by atoms with Gasteiger partial charge in [-0.3, -0.25) is 4.79 Å². The molecule has 1 fully saturated rings. The van der Waals surface area contributed by atoms with Crippen LogP contribution in [0.4, 0.5) is 0 Å². The summed E-state index contributed by atoms with van der Waals surface area (Å²) in [5.74, 6) is 0.196. The van der Waals surface area contributed by atoms with Crippen molar-refractivity contribution in [2.24, 2.45) is 11.7 Å². The summed E-state index contributed by atoms with van der Waals surface area (Å²) in [4.78, 5) is 19.7. The molecule has 0 aliphatic heterocycles. The fourth-order valence-corrected chi connectivity index (χ4v) is 3.56. The predicted octanol–water partition coefficient (Wildman–Crippen LogP) is 2.32. The second-order valence-electron chi connectivity index (χ2n) is 5.45. The molecule has 2 rings (SSSR count). The fourth-order valence-electron chi connectivity index (χ4n) is 2.72. The maximum Gasteiger partial charge on any atom is 0.227 e. The Morgan fingerprint density at radius 2 is 2.21 bits per heavy atom. The van der Waals surface area contributed by atoms with E-state index in [1.165, 1.54) is 6.42 Å². The lowest BCUT2D eigenvalue weighted by atomic mass is 9.94. The maximum absolute atomic E-state index is 12.5. The normalized spacial score (nSPS) is 23.9. The lowest BCUT2D eigenvalue weighted by molar-refractivity contribution is -0.135. The molecule has 1 amide bonds. The Hall–Kier alpha value is -0.940. The summed E-state index contributed by atoms with van der Waals surface area (Å²) in [6.07, 6.45) is 7.25. The van der Waals surface area contributed by atoms with Crippen LogP contribution in [0, 0.1) is 12.8 Å². The van der Waals surface area contributed by atoms with Crippen LogP contribution in [-0.4, -0.2) is 28.9 Å². The van der Waals surface area contributed by atoms with Crippen LogP contribution in [0.15, 0.2) is 6.20 Å². The van der Waals surface area contributed by atoms with E-state index in [0.717, 1.165) is 35.6 Å². The van der Waals surface area contributed by atoms with Gasteiger partial charge in [-0.25, -0.2) is 4.98 Å². The molecule has 19 heavy (non-hydrogen) atoms. The first-order valence-corrected chi connectivity index (χ1v) is 7.81. The van der Waals surface area contributed by atoms with Gasteiger partial charge >= 0.3 is 0 Å².